The van der Waals surface area contributed by atoms with E-state index in [1.54, 1.807) is 21.0 Å². The first kappa shape index (κ1) is 12.5. The third-order valence-corrected chi connectivity index (χ3v) is 3.48. The fourth-order valence-electron chi connectivity index (χ4n) is 2.01. The first-order valence-corrected chi connectivity index (χ1v) is 5.65. The lowest BCUT2D eigenvalue weighted by atomic mass is 9.89. The Labute approximate surface area is 99.4 Å². The fourth-order valence-corrected chi connectivity index (χ4v) is 2.49. The van der Waals surface area contributed by atoms with Crippen molar-refractivity contribution in [1.82, 2.24) is 0 Å². The second-order valence-electron chi connectivity index (χ2n) is 4.27. The summed E-state index contributed by atoms with van der Waals surface area (Å²) in [5, 5.41) is 10.1. The molecule has 0 aromatic heterocycles. The van der Waals surface area contributed by atoms with Gasteiger partial charge in [-0.05, 0) is 66.4 Å². The van der Waals surface area contributed by atoms with E-state index in [9.17, 15) is 5.11 Å². The molecule has 0 aliphatic rings. The summed E-state index contributed by atoms with van der Waals surface area (Å²) in [6.45, 7) is 7.55. The molecular formula is C12H17BrO2. The zero-order chi connectivity index (χ0) is 11.8. The Morgan fingerprint density at radius 2 is 1.87 bits per heavy atom. The summed E-state index contributed by atoms with van der Waals surface area (Å²) in [5.41, 5.74) is 2.19. The minimum absolute atomic E-state index is 0.804. The molecule has 0 radical (unpaired) electrons. The molecule has 1 N–H and O–H groups in total. The van der Waals surface area contributed by atoms with Crippen LogP contribution in [0.5, 0.6) is 5.75 Å². The number of halogens is 1. The molecule has 15 heavy (non-hydrogen) atoms. The van der Waals surface area contributed by atoms with E-state index in [1.165, 1.54) is 0 Å². The molecule has 2 nitrogen and oxygen atoms in total. The highest BCUT2D eigenvalue weighted by molar-refractivity contribution is 9.10. The van der Waals surface area contributed by atoms with Gasteiger partial charge < -0.3 is 9.84 Å². The minimum Gasteiger partial charge on any atom is -0.496 e. The Kier molecular flexibility index (Phi) is 3.46. The summed E-state index contributed by atoms with van der Waals surface area (Å²) in [6, 6.07) is 1.93. The normalized spacial score (nSPS) is 11.7. The van der Waals surface area contributed by atoms with Crippen molar-refractivity contribution in [2.45, 2.75) is 33.3 Å². The molecule has 0 amide bonds. The van der Waals surface area contributed by atoms with Crippen LogP contribution >= 0.6 is 15.9 Å². The zero-order valence-corrected chi connectivity index (χ0v) is 11.4. The van der Waals surface area contributed by atoms with Gasteiger partial charge in [0.1, 0.15) is 5.75 Å². The third-order valence-electron chi connectivity index (χ3n) is 2.49. The predicted molar refractivity (Wildman–Crippen MR) is 65.4 cm³/mol. The van der Waals surface area contributed by atoms with Crippen LogP contribution in [0.4, 0.5) is 0 Å². The van der Waals surface area contributed by atoms with Crippen molar-refractivity contribution >= 4 is 15.9 Å². The van der Waals surface area contributed by atoms with Gasteiger partial charge in [0.25, 0.3) is 0 Å². The van der Waals surface area contributed by atoms with E-state index in [0.717, 1.165) is 26.9 Å². The van der Waals surface area contributed by atoms with Gasteiger partial charge in [-0.3, -0.25) is 0 Å². The third kappa shape index (κ3) is 2.34. The van der Waals surface area contributed by atoms with Gasteiger partial charge in [0.15, 0.2) is 0 Å². The van der Waals surface area contributed by atoms with Crippen LogP contribution in [0.2, 0.25) is 0 Å². The smallest absolute Gasteiger partial charge is 0.133 e. The molecule has 0 heterocycles. The molecule has 84 valence electrons. The number of methoxy groups -OCH3 is 1. The summed E-state index contributed by atoms with van der Waals surface area (Å²) >= 11 is 3.48. The number of rotatable bonds is 2. The fraction of sp³-hybridized carbons (Fsp3) is 0.500. The van der Waals surface area contributed by atoms with E-state index in [1.807, 2.05) is 19.9 Å². The van der Waals surface area contributed by atoms with Gasteiger partial charge in [-0.1, -0.05) is 0 Å². The van der Waals surface area contributed by atoms with E-state index in [4.69, 9.17) is 4.74 Å². The predicted octanol–water partition coefficient (Wildman–Crippen LogP) is 3.30. The largest absolute Gasteiger partial charge is 0.496 e. The molecule has 0 spiro atoms. The Balaban J connectivity index is 3.50. The van der Waals surface area contributed by atoms with E-state index >= 15 is 0 Å². The lowest BCUT2D eigenvalue weighted by Gasteiger charge is -2.24. The summed E-state index contributed by atoms with van der Waals surface area (Å²) in [7, 11) is 1.64. The van der Waals surface area contributed by atoms with Crippen LogP contribution in [0.1, 0.15) is 30.5 Å². The van der Waals surface area contributed by atoms with Gasteiger partial charge in [-0.2, -0.15) is 0 Å². The second kappa shape index (κ2) is 4.14. The summed E-state index contributed by atoms with van der Waals surface area (Å²) < 4.78 is 6.16. The van der Waals surface area contributed by atoms with Gasteiger partial charge in [0, 0.05) is 0 Å². The van der Waals surface area contributed by atoms with Crippen LogP contribution < -0.4 is 4.74 Å². The maximum Gasteiger partial charge on any atom is 0.133 e. The van der Waals surface area contributed by atoms with E-state index in [0.29, 0.717) is 0 Å². The minimum atomic E-state index is -0.830. The first-order valence-electron chi connectivity index (χ1n) is 4.85. The van der Waals surface area contributed by atoms with Crippen molar-refractivity contribution in [3.05, 3.63) is 27.2 Å². The van der Waals surface area contributed by atoms with Gasteiger partial charge in [0.05, 0.1) is 17.2 Å². The molecule has 0 fully saturated rings. The Hall–Kier alpha value is -0.540. The van der Waals surface area contributed by atoms with Crippen molar-refractivity contribution in [2.24, 2.45) is 0 Å². The highest BCUT2D eigenvalue weighted by Crippen LogP contribution is 2.37. The Bertz CT molecular complexity index is 378. The topological polar surface area (TPSA) is 29.5 Å². The molecule has 0 unspecified atom stereocenters. The lowest BCUT2D eigenvalue weighted by molar-refractivity contribution is 0.0771. The van der Waals surface area contributed by atoms with Crippen molar-refractivity contribution in [3.63, 3.8) is 0 Å². The molecular weight excluding hydrogens is 256 g/mol. The van der Waals surface area contributed by atoms with Crippen LogP contribution in [0.25, 0.3) is 0 Å². The number of hydrogen-bond donors (Lipinski definition) is 1. The molecule has 1 rings (SSSR count). The molecule has 0 aliphatic carbocycles. The second-order valence-corrected chi connectivity index (χ2v) is 5.06. The van der Waals surface area contributed by atoms with Gasteiger partial charge in [-0.25, -0.2) is 0 Å². The summed E-state index contributed by atoms with van der Waals surface area (Å²) in [6.07, 6.45) is 0. The zero-order valence-electron chi connectivity index (χ0n) is 9.81. The van der Waals surface area contributed by atoms with E-state index in [2.05, 4.69) is 15.9 Å². The highest BCUT2D eigenvalue weighted by atomic mass is 79.9. The summed E-state index contributed by atoms with van der Waals surface area (Å²) in [5.74, 6) is 0.804. The van der Waals surface area contributed by atoms with Crippen molar-refractivity contribution in [1.29, 1.82) is 0 Å². The monoisotopic (exact) mass is 272 g/mol. The van der Waals surface area contributed by atoms with Crippen LogP contribution in [0, 0.1) is 13.8 Å². The molecule has 0 aliphatic heterocycles. The molecule has 1 aromatic carbocycles. The lowest BCUT2D eigenvalue weighted by Crippen LogP contribution is -2.19. The number of benzene rings is 1. The molecule has 1 aromatic rings. The maximum absolute atomic E-state index is 10.1. The quantitative estimate of drug-likeness (QED) is 0.895. The van der Waals surface area contributed by atoms with Gasteiger partial charge in [-0.15, -0.1) is 0 Å². The summed E-state index contributed by atoms with van der Waals surface area (Å²) in [4.78, 5) is 0. The molecule has 0 atom stereocenters. The molecule has 3 heteroatoms. The van der Waals surface area contributed by atoms with Crippen LogP contribution in [-0.2, 0) is 5.60 Å². The molecule has 0 saturated carbocycles. The van der Waals surface area contributed by atoms with E-state index in [-0.39, 0.29) is 0 Å². The van der Waals surface area contributed by atoms with Crippen LogP contribution in [0.3, 0.4) is 0 Å². The number of hydrogen-bond acceptors (Lipinski definition) is 2. The van der Waals surface area contributed by atoms with Gasteiger partial charge in [0.2, 0.25) is 0 Å². The van der Waals surface area contributed by atoms with Crippen molar-refractivity contribution in [2.75, 3.05) is 7.11 Å². The first-order chi connectivity index (χ1) is 6.79. The van der Waals surface area contributed by atoms with Crippen molar-refractivity contribution < 1.29 is 9.84 Å². The van der Waals surface area contributed by atoms with Crippen LogP contribution in [-0.4, -0.2) is 12.2 Å². The number of aliphatic hydroxyl groups is 1. The standard InChI is InChI=1S/C12H17BrO2/c1-7-6-9(15-5)11(13)8(2)10(7)12(3,4)14/h6,14H,1-5H3. The highest BCUT2D eigenvalue weighted by Gasteiger charge is 2.23. The average Bonchev–Trinajstić information content (AvgIpc) is 2.09. The molecule has 0 bridgehead atoms. The maximum atomic E-state index is 10.1. The van der Waals surface area contributed by atoms with Crippen LogP contribution in [0.15, 0.2) is 10.5 Å². The number of aryl methyl sites for hydroxylation is 1. The number of ether oxygens (including phenoxy) is 1. The average molecular weight is 273 g/mol. The van der Waals surface area contributed by atoms with E-state index < -0.39 is 5.60 Å². The Morgan fingerprint density at radius 3 is 2.27 bits per heavy atom. The van der Waals surface area contributed by atoms with Gasteiger partial charge >= 0.3 is 0 Å². The SMILES string of the molecule is COc1cc(C)c(C(C)(C)O)c(C)c1Br. The van der Waals surface area contributed by atoms with Crippen molar-refractivity contribution in [3.8, 4) is 5.75 Å². The molecule has 0 saturated heterocycles. The Morgan fingerprint density at radius 1 is 1.33 bits per heavy atom.